The molecule has 0 fully saturated rings. The molecule has 0 bridgehead atoms. The minimum absolute atomic E-state index is 0.329. The fraction of sp³-hybridized carbons (Fsp3) is 0.0909. The van der Waals surface area contributed by atoms with Crippen LogP contribution in [0.5, 0.6) is 0 Å². The topological polar surface area (TPSA) is 149 Å². The summed E-state index contributed by atoms with van der Waals surface area (Å²) in [4.78, 5) is 45.9. The summed E-state index contributed by atoms with van der Waals surface area (Å²) >= 11 is 0. The third-order valence-electron chi connectivity index (χ3n) is 5.16. The molecular weight excluding hydrogens is 430 g/mol. The van der Waals surface area contributed by atoms with Crippen LogP contribution < -0.4 is 0 Å². The van der Waals surface area contributed by atoms with Gasteiger partial charge in [0, 0.05) is 0 Å². The molecule has 0 aliphatic heterocycles. The summed E-state index contributed by atoms with van der Waals surface area (Å²) in [7, 11) is 0. The molecular formula is C22H14F2O8. The second kappa shape index (κ2) is 7.73. The van der Waals surface area contributed by atoms with Crippen LogP contribution in [-0.2, 0) is 5.41 Å². The summed E-state index contributed by atoms with van der Waals surface area (Å²) in [5.41, 5.74) is -5.83. The minimum atomic E-state index is -3.72. The Bertz CT molecular complexity index is 1150. The third kappa shape index (κ3) is 3.41. The fourth-order valence-corrected chi connectivity index (χ4v) is 3.67. The zero-order chi connectivity index (χ0) is 23.8. The first-order chi connectivity index (χ1) is 14.9. The lowest BCUT2D eigenvalue weighted by Gasteiger charge is -2.39. The van der Waals surface area contributed by atoms with Crippen molar-refractivity contribution >= 4 is 23.9 Å². The van der Waals surface area contributed by atoms with Gasteiger partial charge < -0.3 is 20.4 Å². The third-order valence-corrected chi connectivity index (χ3v) is 5.16. The van der Waals surface area contributed by atoms with E-state index in [1.54, 1.807) is 0 Å². The number of halogens is 2. The summed E-state index contributed by atoms with van der Waals surface area (Å²) in [5.74, 6) is -10.2. The van der Waals surface area contributed by atoms with E-state index in [1.165, 1.54) is 6.08 Å². The van der Waals surface area contributed by atoms with Crippen LogP contribution in [0.4, 0.5) is 8.78 Å². The fourth-order valence-electron chi connectivity index (χ4n) is 3.67. The van der Waals surface area contributed by atoms with Crippen molar-refractivity contribution in [2.75, 3.05) is 0 Å². The van der Waals surface area contributed by atoms with Crippen molar-refractivity contribution in [3.8, 4) is 0 Å². The molecule has 0 unspecified atom stereocenters. The van der Waals surface area contributed by atoms with E-state index in [0.29, 0.717) is 6.08 Å². The van der Waals surface area contributed by atoms with E-state index < -0.39 is 57.5 Å². The number of rotatable bonds is 6. The van der Waals surface area contributed by atoms with E-state index >= 15 is 8.78 Å². The van der Waals surface area contributed by atoms with Gasteiger partial charge in [-0.2, -0.15) is 0 Å². The second-order valence-corrected chi connectivity index (χ2v) is 6.89. The molecule has 1 aliphatic rings. The van der Waals surface area contributed by atoms with Gasteiger partial charge in [0.2, 0.25) is 0 Å². The molecule has 1 aliphatic carbocycles. The summed E-state index contributed by atoms with van der Waals surface area (Å²) in [6.07, 6.45) is 3.85. The number of alkyl halides is 2. The lowest BCUT2D eigenvalue weighted by molar-refractivity contribution is 0.00424. The molecule has 2 aromatic carbocycles. The van der Waals surface area contributed by atoms with Gasteiger partial charge in [0.05, 0.1) is 22.3 Å². The molecule has 4 N–H and O–H groups in total. The number of aromatic carboxylic acids is 4. The first-order valence-electron chi connectivity index (χ1n) is 8.89. The molecule has 8 nitrogen and oxygen atoms in total. The van der Waals surface area contributed by atoms with E-state index in [2.05, 4.69) is 0 Å². The maximum Gasteiger partial charge on any atom is 0.336 e. The summed E-state index contributed by atoms with van der Waals surface area (Å²) in [6, 6.07) is 5.34. The minimum Gasteiger partial charge on any atom is -0.478 e. The quantitative estimate of drug-likeness (QED) is 0.529. The van der Waals surface area contributed by atoms with Crippen molar-refractivity contribution in [1.29, 1.82) is 0 Å². The van der Waals surface area contributed by atoms with Crippen LogP contribution in [0, 0.1) is 0 Å². The largest absolute Gasteiger partial charge is 0.478 e. The van der Waals surface area contributed by atoms with Crippen LogP contribution in [-0.4, -0.2) is 50.2 Å². The van der Waals surface area contributed by atoms with Crippen molar-refractivity contribution in [1.82, 2.24) is 0 Å². The number of hydrogen-bond donors (Lipinski definition) is 4. The number of benzene rings is 2. The van der Waals surface area contributed by atoms with Crippen molar-refractivity contribution in [3.05, 3.63) is 94.1 Å². The van der Waals surface area contributed by atoms with Crippen LogP contribution in [0.2, 0.25) is 0 Å². The van der Waals surface area contributed by atoms with Gasteiger partial charge in [-0.25, -0.2) is 28.0 Å². The van der Waals surface area contributed by atoms with Gasteiger partial charge in [-0.05, 0) is 41.5 Å². The Morgan fingerprint density at radius 1 is 0.594 bits per heavy atom. The molecule has 0 saturated carbocycles. The number of hydrogen-bond acceptors (Lipinski definition) is 4. The molecule has 0 heterocycles. The first-order valence-corrected chi connectivity index (χ1v) is 8.89. The highest BCUT2D eigenvalue weighted by molar-refractivity contribution is 6.03. The molecule has 10 heteroatoms. The van der Waals surface area contributed by atoms with Gasteiger partial charge in [-0.3, -0.25) is 0 Å². The van der Waals surface area contributed by atoms with Gasteiger partial charge in [0.15, 0.2) is 0 Å². The maximum absolute atomic E-state index is 15.4. The van der Waals surface area contributed by atoms with Gasteiger partial charge in [-0.1, -0.05) is 30.4 Å². The SMILES string of the molecule is O=C(O)c1ccc(C2(c3ccc(C(=O)O)c(C(=O)O)c3)C=CC=CC2(F)F)cc1C(=O)O. The van der Waals surface area contributed by atoms with Crippen LogP contribution >= 0.6 is 0 Å². The highest BCUT2D eigenvalue weighted by Crippen LogP contribution is 2.49. The lowest BCUT2D eigenvalue weighted by Crippen LogP contribution is -2.45. The van der Waals surface area contributed by atoms with Gasteiger partial charge in [0.25, 0.3) is 5.92 Å². The molecule has 32 heavy (non-hydrogen) atoms. The number of carbonyl (C=O) groups is 4. The highest BCUT2D eigenvalue weighted by Gasteiger charge is 2.54. The van der Waals surface area contributed by atoms with E-state index in [0.717, 1.165) is 48.6 Å². The molecule has 0 saturated heterocycles. The summed E-state index contributed by atoms with van der Waals surface area (Å²) in [5, 5.41) is 37.3. The lowest BCUT2D eigenvalue weighted by atomic mass is 9.67. The molecule has 0 atom stereocenters. The maximum atomic E-state index is 15.4. The predicted molar refractivity (Wildman–Crippen MR) is 105 cm³/mol. The molecule has 0 amide bonds. The van der Waals surface area contributed by atoms with Crippen molar-refractivity contribution in [3.63, 3.8) is 0 Å². The molecule has 0 radical (unpaired) electrons. The van der Waals surface area contributed by atoms with Gasteiger partial charge >= 0.3 is 23.9 Å². The van der Waals surface area contributed by atoms with Crippen LogP contribution in [0.1, 0.15) is 52.6 Å². The van der Waals surface area contributed by atoms with Crippen molar-refractivity contribution < 1.29 is 48.4 Å². The Morgan fingerprint density at radius 2 is 0.969 bits per heavy atom. The van der Waals surface area contributed by atoms with Gasteiger partial charge in [0.1, 0.15) is 5.41 Å². The van der Waals surface area contributed by atoms with Gasteiger partial charge in [-0.15, -0.1) is 0 Å². The zero-order valence-corrected chi connectivity index (χ0v) is 16.0. The first kappa shape index (κ1) is 22.3. The normalized spacial score (nSPS) is 15.8. The Morgan fingerprint density at radius 3 is 1.31 bits per heavy atom. The van der Waals surface area contributed by atoms with E-state index in [4.69, 9.17) is 0 Å². The average molecular weight is 444 g/mol. The highest BCUT2D eigenvalue weighted by atomic mass is 19.3. The predicted octanol–water partition coefficient (Wildman–Crippen LogP) is 3.53. The van der Waals surface area contributed by atoms with Crippen molar-refractivity contribution in [2.45, 2.75) is 11.3 Å². The van der Waals surface area contributed by atoms with Crippen LogP contribution in [0.3, 0.4) is 0 Å². The van der Waals surface area contributed by atoms with Crippen LogP contribution in [0.15, 0.2) is 60.7 Å². The average Bonchev–Trinajstić information content (AvgIpc) is 2.72. The van der Waals surface area contributed by atoms with E-state index in [-0.39, 0.29) is 11.1 Å². The standard InChI is InChI=1S/C22H14F2O8/c23-22(24)8-2-1-7-21(22,11-3-5-13(17(25)26)15(9-11)19(29)30)12-4-6-14(18(27)28)16(10-12)20(31)32/h1-10H,(H,25,26)(H,27,28)(H,29,30)(H,31,32). The smallest absolute Gasteiger partial charge is 0.336 e. The molecule has 3 rings (SSSR count). The Hall–Kier alpha value is -4.34. The second-order valence-electron chi connectivity index (χ2n) is 6.89. The van der Waals surface area contributed by atoms with E-state index in [1.807, 2.05) is 0 Å². The number of allylic oxidation sites excluding steroid dienone is 4. The Labute approximate surface area is 178 Å². The van der Waals surface area contributed by atoms with E-state index in [9.17, 15) is 39.6 Å². The van der Waals surface area contributed by atoms with Crippen molar-refractivity contribution in [2.24, 2.45) is 0 Å². The molecule has 0 aromatic heterocycles. The number of carboxylic acids is 4. The zero-order valence-electron chi connectivity index (χ0n) is 16.0. The molecule has 0 spiro atoms. The Balaban J connectivity index is 2.40. The summed E-state index contributed by atoms with van der Waals surface area (Å²) in [6.45, 7) is 0. The number of carboxylic acid groups (broad SMARTS) is 4. The van der Waals surface area contributed by atoms with Crippen LogP contribution in [0.25, 0.3) is 0 Å². The molecule has 2 aromatic rings. The molecule has 164 valence electrons. The summed E-state index contributed by atoms with van der Waals surface area (Å²) < 4.78 is 30.8. The Kier molecular flexibility index (Phi) is 5.40. The monoisotopic (exact) mass is 444 g/mol.